The first-order valence-electron chi connectivity index (χ1n) is 15.8. The number of nitrogens with one attached hydrogen (secondary N) is 1. The van der Waals surface area contributed by atoms with E-state index in [2.05, 4.69) is 10.4 Å². The van der Waals surface area contributed by atoms with Gasteiger partial charge in [-0.15, -0.1) is 0 Å². The topological polar surface area (TPSA) is 155 Å². The second kappa shape index (κ2) is 12.5. The molecule has 2 aliphatic heterocycles. The smallest absolute Gasteiger partial charge is 0.423 e. The van der Waals surface area contributed by atoms with Crippen molar-refractivity contribution in [1.29, 1.82) is 0 Å². The summed E-state index contributed by atoms with van der Waals surface area (Å²) >= 11 is 12.5. The van der Waals surface area contributed by atoms with Gasteiger partial charge in [-0.1, -0.05) is 53.1 Å². The SMILES string of the molecule is COC(=O)N1C(=O)[C@H]2[C@H](CC=C3[C@H]2C[C@H]2C(=O)N(Nc4ncc(C(F)(F)F)cc4Cl)C(=O)[C@@]2(c2ccc(Cl)cc2)[C@H]3c2ccc(OC)c(O)c2)C1=O. The monoisotopic (exact) mass is 758 g/mol. The van der Waals surface area contributed by atoms with Crippen LogP contribution in [0.25, 0.3) is 0 Å². The molecule has 2 saturated heterocycles. The summed E-state index contributed by atoms with van der Waals surface area (Å²) in [4.78, 5) is 73.9. The van der Waals surface area contributed by atoms with Crippen LogP contribution in [-0.2, 0) is 35.5 Å². The van der Waals surface area contributed by atoms with Crippen LogP contribution in [0.3, 0.4) is 0 Å². The summed E-state index contributed by atoms with van der Waals surface area (Å²) in [5.74, 6) is -9.17. The molecule has 2 aromatic carbocycles. The molecular weight excluding hydrogens is 732 g/mol. The molecule has 7 rings (SSSR count). The maximum absolute atomic E-state index is 15.1. The number of hydrazine groups is 1. The van der Waals surface area contributed by atoms with Crippen LogP contribution in [0, 0.1) is 23.7 Å². The number of amides is 5. The van der Waals surface area contributed by atoms with Crippen LogP contribution < -0.4 is 10.2 Å². The van der Waals surface area contributed by atoms with Crippen molar-refractivity contribution in [1.82, 2.24) is 14.9 Å². The standard InChI is InChI=1S/C35H27Cl2F3N4O8/c1-51-25-10-3-15(11-24(25)45)27-19-8-9-20-26(31(48)43(29(20)46)33(50)52-2)21(19)13-22-30(47)44(32(49)34(22,27)16-4-6-18(36)7-5-16)42-28-23(37)12-17(14-41-28)35(38,39)40/h3-8,10-12,14,20-22,26-27,45H,9,13H2,1-2H3,(H,41,42)/t20-,21+,22-,26-,27-,34+/m0/s1. The summed E-state index contributed by atoms with van der Waals surface area (Å²) < 4.78 is 50.2. The number of phenols is 1. The highest BCUT2D eigenvalue weighted by Gasteiger charge is 2.70. The average molecular weight is 760 g/mol. The predicted molar refractivity (Wildman–Crippen MR) is 176 cm³/mol. The van der Waals surface area contributed by atoms with Crippen LogP contribution in [0.4, 0.5) is 23.8 Å². The maximum Gasteiger partial charge on any atom is 0.423 e. The number of hydrogen-bond acceptors (Lipinski definition) is 10. The zero-order valence-corrected chi connectivity index (χ0v) is 28.6. The summed E-state index contributed by atoms with van der Waals surface area (Å²) in [6.07, 6.45) is -3.87. The molecule has 5 amide bonds. The normalized spacial score (nSPS) is 26.8. The van der Waals surface area contributed by atoms with Crippen molar-refractivity contribution < 1.29 is 51.7 Å². The number of imide groups is 4. The summed E-state index contributed by atoms with van der Waals surface area (Å²) in [6, 6.07) is 11.2. The Kier molecular flexibility index (Phi) is 8.49. The first-order valence-corrected chi connectivity index (χ1v) is 16.6. The molecule has 0 radical (unpaired) electrons. The number of hydrogen-bond donors (Lipinski definition) is 2. The Balaban J connectivity index is 1.44. The zero-order chi connectivity index (χ0) is 37.4. The van der Waals surface area contributed by atoms with Gasteiger partial charge >= 0.3 is 12.3 Å². The molecule has 2 aliphatic carbocycles. The fourth-order valence-corrected chi connectivity index (χ4v) is 8.65. The first kappa shape index (κ1) is 35.3. The second-order valence-electron chi connectivity index (χ2n) is 12.8. The van der Waals surface area contributed by atoms with E-state index in [0.29, 0.717) is 43.9 Å². The average Bonchev–Trinajstić information content (AvgIpc) is 3.49. The fourth-order valence-electron chi connectivity index (χ4n) is 8.32. The number of methoxy groups -OCH3 is 2. The van der Waals surface area contributed by atoms with Gasteiger partial charge in [-0.25, -0.2) is 9.78 Å². The van der Waals surface area contributed by atoms with Crippen molar-refractivity contribution >= 4 is 58.7 Å². The Morgan fingerprint density at radius 1 is 1.00 bits per heavy atom. The van der Waals surface area contributed by atoms with Crippen molar-refractivity contribution in [2.24, 2.45) is 23.7 Å². The minimum atomic E-state index is -4.77. The number of rotatable bonds is 5. The molecule has 0 spiro atoms. The number of aromatic nitrogens is 1. The number of nitrogens with zero attached hydrogens (tertiary/aromatic N) is 3. The highest BCUT2D eigenvalue weighted by Crippen LogP contribution is 2.64. The van der Waals surface area contributed by atoms with Gasteiger partial charge in [0.05, 0.1) is 48.0 Å². The number of ether oxygens (including phenoxy) is 2. The largest absolute Gasteiger partial charge is 0.504 e. The third-order valence-corrected chi connectivity index (χ3v) is 11.0. The number of anilines is 1. The van der Waals surface area contributed by atoms with E-state index in [1.807, 2.05) is 0 Å². The number of phenolic OH excluding ortho intramolecular Hbond substituents is 1. The third kappa shape index (κ3) is 5.11. The van der Waals surface area contributed by atoms with Crippen LogP contribution in [-0.4, -0.2) is 63.9 Å². The number of carbonyl (C=O) groups is 5. The van der Waals surface area contributed by atoms with Crippen molar-refractivity contribution in [3.8, 4) is 11.5 Å². The summed E-state index contributed by atoms with van der Waals surface area (Å²) in [5, 5.41) is 11.4. The van der Waals surface area contributed by atoms with E-state index in [1.54, 1.807) is 24.3 Å². The van der Waals surface area contributed by atoms with Gasteiger partial charge in [0.25, 0.3) is 11.8 Å². The molecule has 2 N–H and O–H groups in total. The van der Waals surface area contributed by atoms with Gasteiger partial charge in [0.2, 0.25) is 11.8 Å². The molecule has 0 unspecified atom stereocenters. The van der Waals surface area contributed by atoms with Gasteiger partial charge < -0.3 is 14.6 Å². The Labute approximate surface area is 303 Å². The van der Waals surface area contributed by atoms with Gasteiger partial charge in [0.15, 0.2) is 17.3 Å². The van der Waals surface area contributed by atoms with Crippen molar-refractivity contribution in [3.63, 3.8) is 0 Å². The number of carbonyl (C=O) groups excluding carboxylic acids is 5. The second-order valence-corrected chi connectivity index (χ2v) is 13.7. The van der Waals surface area contributed by atoms with E-state index in [1.165, 1.54) is 31.4 Å². The number of halogens is 5. The van der Waals surface area contributed by atoms with Crippen LogP contribution in [0.15, 0.2) is 66.4 Å². The maximum atomic E-state index is 15.1. The van der Waals surface area contributed by atoms with Gasteiger partial charge in [-0.3, -0.25) is 24.6 Å². The first-order chi connectivity index (χ1) is 24.6. The molecule has 1 saturated carbocycles. The van der Waals surface area contributed by atoms with Gasteiger partial charge in [-0.2, -0.15) is 23.1 Å². The Hall–Kier alpha value is -5.15. The number of aromatic hydroxyl groups is 1. The lowest BCUT2D eigenvalue weighted by atomic mass is 9.49. The molecule has 4 aliphatic rings. The van der Waals surface area contributed by atoms with E-state index in [9.17, 15) is 37.5 Å². The van der Waals surface area contributed by atoms with Crippen LogP contribution in [0.5, 0.6) is 11.5 Å². The number of likely N-dealkylation sites (tertiary alicyclic amines) is 1. The van der Waals surface area contributed by atoms with E-state index in [-0.39, 0.29) is 24.3 Å². The molecule has 6 atom stereocenters. The third-order valence-electron chi connectivity index (χ3n) is 10.5. The molecule has 3 aromatic rings. The van der Waals surface area contributed by atoms with Crippen molar-refractivity contribution in [3.05, 3.63) is 93.1 Å². The molecule has 270 valence electrons. The molecule has 3 fully saturated rings. The fraction of sp³-hybridized carbons (Fsp3) is 0.314. The quantitative estimate of drug-likeness (QED) is 0.238. The lowest BCUT2D eigenvalue weighted by Gasteiger charge is -2.50. The Morgan fingerprint density at radius 2 is 1.71 bits per heavy atom. The molecule has 1 aromatic heterocycles. The minimum absolute atomic E-state index is 0.00372. The van der Waals surface area contributed by atoms with Gasteiger partial charge in [0, 0.05) is 17.1 Å². The molecule has 52 heavy (non-hydrogen) atoms. The molecule has 3 heterocycles. The highest BCUT2D eigenvalue weighted by molar-refractivity contribution is 6.33. The van der Waals surface area contributed by atoms with Crippen LogP contribution in [0.2, 0.25) is 10.0 Å². The van der Waals surface area contributed by atoms with E-state index >= 15 is 4.79 Å². The highest BCUT2D eigenvalue weighted by atomic mass is 35.5. The van der Waals surface area contributed by atoms with Crippen LogP contribution in [0.1, 0.15) is 35.4 Å². The van der Waals surface area contributed by atoms with Crippen LogP contribution >= 0.6 is 23.2 Å². The van der Waals surface area contributed by atoms with Gasteiger partial charge in [-0.05, 0) is 60.2 Å². The molecular formula is C35H27Cl2F3N4O8. The molecule has 0 bridgehead atoms. The number of pyridine rings is 1. The van der Waals surface area contributed by atoms with E-state index < -0.39 is 87.3 Å². The van der Waals surface area contributed by atoms with E-state index in [4.69, 9.17) is 32.7 Å². The van der Waals surface area contributed by atoms with Gasteiger partial charge in [0.1, 0.15) is 0 Å². The predicted octanol–water partition coefficient (Wildman–Crippen LogP) is 5.87. The number of allylic oxidation sites excluding steroid dienone is 2. The number of benzene rings is 2. The number of alkyl halides is 3. The zero-order valence-electron chi connectivity index (χ0n) is 27.1. The Bertz CT molecular complexity index is 2090. The van der Waals surface area contributed by atoms with Crippen molar-refractivity contribution in [2.75, 3.05) is 19.6 Å². The minimum Gasteiger partial charge on any atom is -0.504 e. The molecule has 17 heteroatoms. The summed E-state index contributed by atoms with van der Waals surface area (Å²) in [7, 11) is 2.38. The van der Waals surface area contributed by atoms with Crippen molar-refractivity contribution in [2.45, 2.75) is 30.4 Å². The lowest BCUT2D eigenvalue weighted by molar-refractivity contribution is -0.140. The summed E-state index contributed by atoms with van der Waals surface area (Å²) in [5.41, 5.74) is 0.720. The lowest BCUT2D eigenvalue weighted by Crippen LogP contribution is -2.53. The van der Waals surface area contributed by atoms with E-state index in [0.717, 1.165) is 7.11 Å². The summed E-state index contributed by atoms with van der Waals surface area (Å²) in [6.45, 7) is 0. The Morgan fingerprint density at radius 3 is 2.33 bits per heavy atom. The number of fused-ring (bicyclic) bond motifs is 4. The molecule has 12 nitrogen and oxygen atoms in total.